The summed E-state index contributed by atoms with van der Waals surface area (Å²) in [4.78, 5) is 38.3. The Labute approximate surface area is 156 Å². The average molecular weight is 371 g/mol. The largest absolute Gasteiger partial charge is 0.464 e. The zero-order chi connectivity index (χ0) is 19.4. The van der Waals surface area contributed by atoms with Gasteiger partial charge in [-0.25, -0.2) is 4.79 Å². The summed E-state index contributed by atoms with van der Waals surface area (Å²) in [6.07, 6.45) is 0.641. The second-order valence-corrected chi connectivity index (χ2v) is 6.14. The molecule has 4 amide bonds. The predicted molar refractivity (Wildman–Crippen MR) is 96.5 cm³/mol. The molecule has 1 aromatic carbocycles. The molecule has 1 fully saturated rings. The molecule has 142 valence electrons. The fourth-order valence-corrected chi connectivity index (χ4v) is 2.88. The minimum atomic E-state index is -0.942. The molecular weight excluding hydrogens is 350 g/mol. The predicted octanol–water partition coefficient (Wildman–Crippen LogP) is 1.38. The highest BCUT2D eigenvalue weighted by Crippen LogP contribution is 2.22. The maximum Gasteiger partial charge on any atom is 0.324 e. The lowest BCUT2D eigenvalue weighted by molar-refractivity contribution is -0.153. The fourth-order valence-electron chi connectivity index (χ4n) is 2.88. The third kappa shape index (κ3) is 4.01. The normalized spacial score (nSPS) is 15.8. The molecule has 0 bridgehead atoms. The number of imide groups is 1. The van der Waals surface area contributed by atoms with Crippen LogP contribution in [0.3, 0.4) is 0 Å². The molecule has 2 aromatic rings. The molecule has 1 aliphatic rings. The second kappa shape index (κ2) is 8.05. The monoisotopic (exact) mass is 371 g/mol. The van der Waals surface area contributed by atoms with E-state index in [0.717, 1.165) is 16.2 Å². The molecule has 2 N–H and O–H groups in total. The van der Waals surface area contributed by atoms with Gasteiger partial charge in [0.05, 0.1) is 12.4 Å². The van der Waals surface area contributed by atoms with Crippen LogP contribution in [-0.2, 0) is 9.59 Å². The second-order valence-electron chi connectivity index (χ2n) is 6.14. The molecule has 1 saturated heterocycles. The van der Waals surface area contributed by atoms with Gasteiger partial charge in [-0.05, 0) is 24.6 Å². The van der Waals surface area contributed by atoms with Crippen LogP contribution in [0.5, 0.6) is 0 Å². The van der Waals surface area contributed by atoms with Crippen molar-refractivity contribution in [3.8, 4) is 11.3 Å². The van der Waals surface area contributed by atoms with Gasteiger partial charge in [0.1, 0.15) is 5.76 Å². The van der Waals surface area contributed by atoms with Gasteiger partial charge in [-0.3, -0.25) is 14.5 Å². The Bertz CT molecular complexity index is 816. The quantitative estimate of drug-likeness (QED) is 0.773. The number of hydrogen-bond donors (Lipinski definition) is 2. The Hall–Kier alpha value is -3.13. The van der Waals surface area contributed by atoms with Crippen LogP contribution >= 0.6 is 0 Å². The van der Waals surface area contributed by atoms with Crippen molar-refractivity contribution in [2.24, 2.45) is 0 Å². The highest BCUT2D eigenvalue weighted by Gasteiger charge is 2.35. The maximum atomic E-state index is 12.2. The van der Waals surface area contributed by atoms with Gasteiger partial charge in [0, 0.05) is 31.7 Å². The number of rotatable bonds is 5. The number of hydrogen-bond acceptors (Lipinski definition) is 5. The summed E-state index contributed by atoms with van der Waals surface area (Å²) in [5.41, 5.74) is 1.49. The van der Waals surface area contributed by atoms with Gasteiger partial charge in [0.25, 0.3) is 0 Å². The van der Waals surface area contributed by atoms with E-state index in [1.54, 1.807) is 31.4 Å². The van der Waals surface area contributed by atoms with Crippen molar-refractivity contribution in [1.82, 2.24) is 15.1 Å². The lowest BCUT2D eigenvalue weighted by Crippen LogP contribution is -2.58. The van der Waals surface area contributed by atoms with Crippen molar-refractivity contribution in [2.45, 2.75) is 13.0 Å². The van der Waals surface area contributed by atoms with Crippen LogP contribution in [-0.4, -0.2) is 58.9 Å². The number of urea groups is 1. The Morgan fingerprint density at radius 2 is 1.93 bits per heavy atom. The molecular formula is C19H21N3O5. The van der Waals surface area contributed by atoms with Crippen molar-refractivity contribution in [3.63, 3.8) is 0 Å². The molecule has 0 saturated carbocycles. The first-order valence-electron chi connectivity index (χ1n) is 8.71. The number of nitrogens with zero attached hydrogens (tertiary/aromatic N) is 2. The van der Waals surface area contributed by atoms with Crippen molar-refractivity contribution < 1.29 is 23.9 Å². The van der Waals surface area contributed by atoms with Gasteiger partial charge in [0.15, 0.2) is 0 Å². The topological polar surface area (TPSA) is 103 Å². The minimum absolute atomic E-state index is 0.0750. The van der Waals surface area contributed by atoms with E-state index < -0.39 is 23.9 Å². The summed E-state index contributed by atoms with van der Waals surface area (Å²) in [6.45, 7) is 2.57. The van der Waals surface area contributed by atoms with Gasteiger partial charge in [0.2, 0.25) is 0 Å². The smallest absolute Gasteiger partial charge is 0.324 e. The molecule has 0 aliphatic carbocycles. The van der Waals surface area contributed by atoms with Crippen molar-refractivity contribution >= 4 is 17.8 Å². The van der Waals surface area contributed by atoms with Gasteiger partial charge < -0.3 is 19.7 Å². The van der Waals surface area contributed by atoms with Crippen LogP contribution in [0.25, 0.3) is 11.3 Å². The number of benzene rings is 1. The van der Waals surface area contributed by atoms with Gasteiger partial charge >= 0.3 is 17.8 Å². The Morgan fingerprint density at radius 1 is 1.19 bits per heavy atom. The van der Waals surface area contributed by atoms with Crippen LogP contribution in [0.1, 0.15) is 18.6 Å². The van der Waals surface area contributed by atoms with E-state index in [9.17, 15) is 19.5 Å². The number of carbonyl (C=O) groups is 3. The van der Waals surface area contributed by atoms with Crippen molar-refractivity contribution in [1.29, 1.82) is 0 Å². The first-order valence-corrected chi connectivity index (χ1v) is 8.71. The molecule has 1 aromatic heterocycles. The number of amides is 4. The summed E-state index contributed by atoms with van der Waals surface area (Å²) in [5.74, 6) is -0.815. The average Bonchev–Trinajstić information content (AvgIpc) is 3.23. The minimum Gasteiger partial charge on any atom is -0.464 e. The lowest BCUT2D eigenvalue weighted by atomic mass is 10.1. The third-order valence-electron chi connectivity index (χ3n) is 4.48. The molecule has 1 aliphatic heterocycles. The lowest BCUT2D eigenvalue weighted by Gasteiger charge is -2.31. The first-order chi connectivity index (χ1) is 13.0. The molecule has 8 heteroatoms. The SMILES string of the molecule is CCN1CCN(C(=O)NCC(O)c2ccc(-c3ccco3)cc2)C(=O)C1=O. The molecule has 27 heavy (non-hydrogen) atoms. The Balaban J connectivity index is 1.55. The zero-order valence-electron chi connectivity index (χ0n) is 14.9. The number of piperazine rings is 1. The van der Waals surface area contributed by atoms with Gasteiger partial charge in [-0.15, -0.1) is 0 Å². The Kier molecular flexibility index (Phi) is 5.56. The number of aliphatic hydroxyl groups is 1. The van der Waals surface area contributed by atoms with Crippen molar-refractivity contribution in [2.75, 3.05) is 26.2 Å². The van der Waals surface area contributed by atoms with E-state index in [4.69, 9.17) is 4.42 Å². The van der Waals surface area contributed by atoms with E-state index >= 15 is 0 Å². The van der Waals surface area contributed by atoms with Gasteiger partial charge in [-0.1, -0.05) is 24.3 Å². The number of nitrogens with one attached hydrogen (secondary N) is 1. The molecule has 0 radical (unpaired) electrons. The molecule has 1 atom stereocenters. The summed E-state index contributed by atoms with van der Waals surface area (Å²) in [5, 5.41) is 12.8. The fraction of sp³-hybridized carbons (Fsp3) is 0.316. The summed E-state index contributed by atoms with van der Waals surface area (Å²) in [7, 11) is 0. The highest BCUT2D eigenvalue weighted by molar-refractivity contribution is 6.38. The van der Waals surface area contributed by atoms with E-state index in [-0.39, 0.29) is 13.1 Å². The Morgan fingerprint density at radius 3 is 2.56 bits per heavy atom. The molecule has 3 rings (SSSR count). The summed E-state index contributed by atoms with van der Waals surface area (Å²) in [6, 6.07) is 10.0. The van der Waals surface area contributed by atoms with Crippen molar-refractivity contribution in [3.05, 3.63) is 48.2 Å². The zero-order valence-corrected chi connectivity index (χ0v) is 14.9. The van der Waals surface area contributed by atoms with Crippen LogP contribution < -0.4 is 5.32 Å². The van der Waals surface area contributed by atoms with E-state index in [1.165, 1.54) is 4.90 Å². The number of furan rings is 1. The van der Waals surface area contributed by atoms with Crippen LogP contribution in [0.4, 0.5) is 4.79 Å². The number of carbonyl (C=O) groups excluding carboxylic acids is 3. The van der Waals surface area contributed by atoms with Crippen LogP contribution in [0.15, 0.2) is 47.1 Å². The molecule has 0 spiro atoms. The third-order valence-corrected chi connectivity index (χ3v) is 4.48. The molecule has 1 unspecified atom stereocenters. The van der Waals surface area contributed by atoms with E-state index in [2.05, 4.69) is 5.32 Å². The summed E-state index contributed by atoms with van der Waals surface area (Å²) >= 11 is 0. The maximum absolute atomic E-state index is 12.2. The van der Waals surface area contributed by atoms with E-state index in [0.29, 0.717) is 18.7 Å². The molecule has 8 nitrogen and oxygen atoms in total. The number of aliphatic hydroxyl groups excluding tert-OH is 1. The highest BCUT2D eigenvalue weighted by atomic mass is 16.3. The molecule has 2 heterocycles. The van der Waals surface area contributed by atoms with Crippen LogP contribution in [0, 0.1) is 0 Å². The number of likely N-dealkylation sites (N-methyl/N-ethyl adjacent to an activating group) is 1. The standard InChI is InChI=1S/C19H21N3O5/c1-2-21-9-10-22(18(25)17(21)24)19(26)20-12-15(23)13-5-7-14(8-6-13)16-4-3-11-27-16/h3-8,11,15,23H,2,9-10,12H2,1H3,(H,20,26). The van der Waals surface area contributed by atoms with Gasteiger partial charge in [-0.2, -0.15) is 0 Å². The van der Waals surface area contributed by atoms with E-state index in [1.807, 2.05) is 18.2 Å². The first kappa shape index (κ1) is 18.7. The van der Waals surface area contributed by atoms with Crippen LogP contribution in [0.2, 0.25) is 0 Å². The summed E-state index contributed by atoms with van der Waals surface area (Å²) < 4.78 is 5.31.